The standard InChI is InChI=1S/C19H25O8PS/c1-25-15-14-17-11-5-6-12-18(17)26-27-28(20,21)19(29(22,23)24)13-7-10-16-8-3-2-4-9-16/h2-6,8-9,11-12,19H,7,10,13-15H2,1H3,(H,20,21)(H,22,23,24). The summed E-state index contributed by atoms with van der Waals surface area (Å²) < 4.78 is 55.1. The zero-order valence-electron chi connectivity index (χ0n) is 16.0. The summed E-state index contributed by atoms with van der Waals surface area (Å²) in [5.41, 5.74) is 1.60. The molecule has 0 fully saturated rings. The van der Waals surface area contributed by atoms with Crippen LogP contribution in [0.1, 0.15) is 24.0 Å². The minimum absolute atomic E-state index is 0.164. The largest absolute Gasteiger partial charge is 0.386 e. The Kier molecular flexibility index (Phi) is 8.82. The van der Waals surface area contributed by atoms with Gasteiger partial charge in [-0.25, -0.2) is 0 Å². The molecule has 2 rings (SSSR count). The van der Waals surface area contributed by atoms with Gasteiger partial charge in [-0.05, 0) is 37.3 Å². The average Bonchev–Trinajstić information content (AvgIpc) is 2.68. The smallest absolute Gasteiger partial charge is 0.384 e. The molecular weight excluding hydrogens is 419 g/mol. The molecule has 0 amide bonds. The van der Waals surface area contributed by atoms with Crippen LogP contribution in [-0.4, -0.2) is 36.6 Å². The first kappa shape index (κ1) is 23.5. The van der Waals surface area contributed by atoms with E-state index in [4.69, 9.17) is 9.62 Å². The Morgan fingerprint density at radius 2 is 1.69 bits per heavy atom. The van der Waals surface area contributed by atoms with Crippen molar-refractivity contribution in [2.75, 3.05) is 13.7 Å². The average molecular weight is 444 g/mol. The number of hydrogen-bond acceptors (Lipinski definition) is 6. The fraction of sp³-hybridized carbons (Fsp3) is 0.368. The monoisotopic (exact) mass is 444 g/mol. The lowest BCUT2D eigenvalue weighted by Crippen LogP contribution is -2.23. The Balaban J connectivity index is 2.05. The van der Waals surface area contributed by atoms with Crippen LogP contribution < -0.4 is 4.89 Å². The predicted molar refractivity (Wildman–Crippen MR) is 108 cm³/mol. The molecular formula is C19H25O8PS. The molecule has 0 radical (unpaired) electrons. The Bertz CT molecular complexity index is 917. The van der Waals surface area contributed by atoms with Gasteiger partial charge in [-0.2, -0.15) is 8.42 Å². The number of hydrogen-bond donors (Lipinski definition) is 2. The number of ether oxygens (including phenoxy) is 1. The van der Waals surface area contributed by atoms with Crippen molar-refractivity contribution in [3.05, 3.63) is 65.7 Å². The maximum absolute atomic E-state index is 12.5. The number of aryl methyl sites for hydroxylation is 1. The van der Waals surface area contributed by atoms with E-state index in [9.17, 15) is 22.4 Å². The molecule has 160 valence electrons. The zero-order valence-corrected chi connectivity index (χ0v) is 17.7. The topological polar surface area (TPSA) is 119 Å². The van der Waals surface area contributed by atoms with Crippen molar-refractivity contribution >= 4 is 17.7 Å². The predicted octanol–water partition coefficient (Wildman–Crippen LogP) is 3.61. The first-order chi connectivity index (χ1) is 13.7. The van der Waals surface area contributed by atoms with Crippen LogP contribution in [0.2, 0.25) is 0 Å². The van der Waals surface area contributed by atoms with Crippen LogP contribution in [0.15, 0.2) is 54.6 Å². The lowest BCUT2D eigenvalue weighted by atomic mass is 10.1. The second-order valence-electron chi connectivity index (χ2n) is 6.42. The Morgan fingerprint density at radius 3 is 2.34 bits per heavy atom. The number of para-hydroxylation sites is 1. The van der Waals surface area contributed by atoms with E-state index in [1.54, 1.807) is 18.2 Å². The number of methoxy groups -OCH3 is 1. The number of rotatable bonds is 12. The molecule has 2 N–H and O–H groups in total. The van der Waals surface area contributed by atoms with Gasteiger partial charge < -0.3 is 14.5 Å². The Hall–Kier alpha value is -1.74. The lowest BCUT2D eigenvalue weighted by molar-refractivity contribution is -0.110. The molecule has 0 aliphatic heterocycles. The SMILES string of the molecule is COCCc1ccccc1OOP(=O)(O)C(CCCc1ccccc1)S(=O)(=O)O. The van der Waals surface area contributed by atoms with Crippen LogP contribution in [0.3, 0.4) is 0 Å². The number of benzene rings is 2. The summed E-state index contributed by atoms with van der Waals surface area (Å²) in [5, 5.41) is 0. The maximum Gasteiger partial charge on any atom is 0.386 e. The van der Waals surface area contributed by atoms with E-state index in [1.807, 2.05) is 30.3 Å². The minimum Gasteiger partial charge on any atom is -0.384 e. The molecule has 2 aromatic rings. The van der Waals surface area contributed by atoms with E-state index in [1.165, 1.54) is 13.2 Å². The molecule has 2 aromatic carbocycles. The summed E-state index contributed by atoms with van der Waals surface area (Å²) in [4.78, 5) is 13.2. The van der Waals surface area contributed by atoms with Gasteiger partial charge in [-0.3, -0.25) is 9.12 Å². The van der Waals surface area contributed by atoms with Crippen molar-refractivity contribution in [3.8, 4) is 5.75 Å². The lowest BCUT2D eigenvalue weighted by Gasteiger charge is -2.19. The molecule has 0 heterocycles. The molecule has 8 nitrogen and oxygen atoms in total. The van der Waals surface area contributed by atoms with Gasteiger partial charge in [0.1, 0.15) is 0 Å². The quantitative estimate of drug-likeness (QED) is 0.221. The van der Waals surface area contributed by atoms with Gasteiger partial charge in [0.15, 0.2) is 10.7 Å². The van der Waals surface area contributed by atoms with Crippen LogP contribution in [0.4, 0.5) is 0 Å². The highest BCUT2D eigenvalue weighted by Crippen LogP contribution is 2.52. The van der Waals surface area contributed by atoms with E-state index in [-0.39, 0.29) is 18.6 Å². The second kappa shape index (κ2) is 10.9. The van der Waals surface area contributed by atoms with Crippen molar-refractivity contribution in [2.45, 2.75) is 30.7 Å². The van der Waals surface area contributed by atoms with E-state index in [0.717, 1.165) is 5.56 Å². The summed E-state index contributed by atoms with van der Waals surface area (Å²) >= 11 is 0. The molecule has 29 heavy (non-hydrogen) atoms. The van der Waals surface area contributed by atoms with Gasteiger partial charge in [0.25, 0.3) is 10.1 Å². The van der Waals surface area contributed by atoms with Gasteiger partial charge in [0.05, 0.1) is 6.61 Å². The molecule has 0 aliphatic rings. The van der Waals surface area contributed by atoms with Crippen LogP contribution in [0.25, 0.3) is 0 Å². The molecule has 2 unspecified atom stereocenters. The fourth-order valence-corrected chi connectivity index (χ4v) is 5.46. The molecule has 0 aromatic heterocycles. The highest BCUT2D eigenvalue weighted by molar-refractivity contribution is 7.93. The van der Waals surface area contributed by atoms with Crippen LogP contribution in [-0.2, 0) is 36.9 Å². The summed E-state index contributed by atoms with van der Waals surface area (Å²) in [6.07, 6.45) is 0.932. The highest BCUT2D eigenvalue weighted by atomic mass is 32.2. The van der Waals surface area contributed by atoms with Gasteiger partial charge >= 0.3 is 7.60 Å². The molecule has 10 heteroatoms. The van der Waals surface area contributed by atoms with Crippen molar-refractivity contribution in [3.63, 3.8) is 0 Å². The maximum atomic E-state index is 12.5. The summed E-state index contributed by atoms with van der Waals surface area (Å²) in [5.74, 6) is 0.164. The van der Waals surface area contributed by atoms with Crippen molar-refractivity contribution in [1.29, 1.82) is 0 Å². The van der Waals surface area contributed by atoms with Crippen LogP contribution in [0, 0.1) is 0 Å². The van der Waals surface area contributed by atoms with Crippen molar-refractivity contribution in [1.82, 2.24) is 0 Å². The minimum atomic E-state index is -4.85. The summed E-state index contributed by atoms with van der Waals surface area (Å²) in [6.45, 7) is 0.393. The van der Waals surface area contributed by atoms with E-state index < -0.39 is 22.7 Å². The van der Waals surface area contributed by atoms with Gasteiger partial charge in [-0.1, -0.05) is 53.2 Å². The van der Waals surface area contributed by atoms with E-state index in [2.05, 4.69) is 4.67 Å². The third kappa shape index (κ3) is 7.54. The molecule has 0 bridgehead atoms. The summed E-state index contributed by atoms with van der Waals surface area (Å²) in [7, 11) is -8.16. The van der Waals surface area contributed by atoms with Crippen molar-refractivity contribution < 1.29 is 36.7 Å². The molecule has 0 aliphatic carbocycles. The Labute approximate surface area is 170 Å². The normalized spacial score (nSPS) is 14.9. The van der Waals surface area contributed by atoms with E-state index in [0.29, 0.717) is 25.0 Å². The van der Waals surface area contributed by atoms with Crippen LogP contribution in [0.5, 0.6) is 5.75 Å². The summed E-state index contributed by atoms with van der Waals surface area (Å²) in [6, 6.07) is 15.9. The molecule has 0 saturated heterocycles. The second-order valence-corrected chi connectivity index (χ2v) is 10.3. The Morgan fingerprint density at radius 1 is 1.03 bits per heavy atom. The first-order valence-corrected chi connectivity index (χ1v) is 12.1. The van der Waals surface area contributed by atoms with Crippen molar-refractivity contribution in [2.24, 2.45) is 0 Å². The molecule has 2 atom stereocenters. The fourth-order valence-electron chi connectivity index (χ4n) is 2.75. The zero-order chi connectivity index (χ0) is 21.3. The molecule has 0 saturated carbocycles. The highest BCUT2D eigenvalue weighted by Gasteiger charge is 2.43. The third-order valence-corrected chi connectivity index (χ3v) is 8.05. The van der Waals surface area contributed by atoms with Gasteiger partial charge in [0, 0.05) is 12.7 Å². The first-order valence-electron chi connectivity index (χ1n) is 9.00. The third-order valence-electron chi connectivity index (χ3n) is 4.25. The molecule has 0 spiro atoms. The van der Waals surface area contributed by atoms with Crippen LogP contribution >= 0.6 is 7.60 Å². The van der Waals surface area contributed by atoms with Gasteiger partial charge in [0.2, 0.25) is 0 Å². The van der Waals surface area contributed by atoms with E-state index >= 15 is 0 Å². The van der Waals surface area contributed by atoms with Gasteiger partial charge in [-0.15, -0.1) is 0 Å².